The first-order valence-electron chi connectivity index (χ1n) is 6.75. The quantitative estimate of drug-likeness (QED) is 0.856. The summed E-state index contributed by atoms with van der Waals surface area (Å²) in [7, 11) is -3.23. The van der Waals surface area contributed by atoms with Gasteiger partial charge in [-0.2, -0.15) is 4.31 Å². The number of thiophene rings is 1. The highest BCUT2D eigenvalue weighted by Gasteiger charge is 2.40. The Morgan fingerprint density at radius 3 is 2.61 bits per heavy atom. The zero-order valence-electron chi connectivity index (χ0n) is 10.4. The molecule has 100 valence electrons. The average molecular weight is 285 g/mol. The minimum atomic E-state index is -3.23. The van der Waals surface area contributed by atoms with Crippen molar-refractivity contribution in [1.82, 2.24) is 4.31 Å². The lowest BCUT2D eigenvalue weighted by Crippen LogP contribution is -2.39. The van der Waals surface area contributed by atoms with Crippen LogP contribution in [0.1, 0.15) is 38.5 Å². The molecule has 18 heavy (non-hydrogen) atoms. The Labute approximate surface area is 113 Å². The van der Waals surface area contributed by atoms with E-state index in [1.807, 2.05) is 11.4 Å². The Bertz CT molecular complexity index is 489. The molecule has 2 heterocycles. The van der Waals surface area contributed by atoms with E-state index in [1.165, 1.54) is 37.0 Å². The molecule has 0 amide bonds. The highest BCUT2D eigenvalue weighted by Crippen LogP contribution is 2.38. The van der Waals surface area contributed by atoms with E-state index < -0.39 is 10.0 Å². The third-order valence-electron chi connectivity index (χ3n) is 4.25. The molecule has 1 unspecified atom stereocenters. The van der Waals surface area contributed by atoms with Gasteiger partial charge >= 0.3 is 0 Å². The topological polar surface area (TPSA) is 37.4 Å². The molecular formula is C13H19NO2S2. The van der Waals surface area contributed by atoms with Gasteiger partial charge in [0, 0.05) is 12.6 Å². The van der Waals surface area contributed by atoms with Crippen molar-refractivity contribution in [3.63, 3.8) is 0 Å². The monoisotopic (exact) mass is 285 g/mol. The fourth-order valence-corrected chi connectivity index (χ4v) is 6.28. The third kappa shape index (κ3) is 2.12. The van der Waals surface area contributed by atoms with Crippen LogP contribution in [0.3, 0.4) is 0 Å². The minimum Gasteiger partial charge on any atom is -0.206 e. The van der Waals surface area contributed by atoms with Gasteiger partial charge in [0.15, 0.2) is 0 Å². The lowest BCUT2D eigenvalue weighted by atomic mass is 9.97. The number of rotatable bonds is 3. The zero-order valence-corrected chi connectivity index (χ0v) is 12.0. The Balaban J connectivity index is 1.86. The Hall–Kier alpha value is -0.390. The summed E-state index contributed by atoms with van der Waals surface area (Å²) in [6, 6.07) is 3.81. The van der Waals surface area contributed by atoms with E-state index in [9.17, 15) is 8.42 Å². The van der Waals surface area contributed by atoms with Gasteiger partial charge in [0.1, 0.15) is 4.21 Å². The lowest BCUT2D eigenvalue weighted by molar-refractivity contribution is 0.289. The van der Waals surface area contributed by atoms with Crippen LogP contribution in [-0.2, 0) is 10.0 Å². The summed E-state index contributed by atoms with van der Waals surface area (Å²) in [5.41, 5.74) is 0. The van der Waals surface area contributed by atoms with Crippen molar-refractivity contribution in [3.05, 3.63) is 17.5 Å². The van der Waals surface area contributed by atoms with Crippen molar-refractivity contribution < 1.29 is 8.42 Å². The maximum atomic E-state index is 12.6. The van der Waals surface area contributed by atoms with Crippen molar-refractivity contribution in [3.8, 4) is 0 Å². The van der Waals surface area contributed by atoms with E-state index in [0.717, 1.165) is 12.8 Å². The van der Waals surface area contributed by atoms with Crippen LogP contribution in [0.25, 0.3) is 0 Å². The molecule has 0 bridgehead atoms. The Kier molecular flexibility index (Phi) is 3.47. The fraction of sp³-hybridized carbons (Fsp3) is 0.692. The molecule has 0 aromatic carbocycles. The molecule has 2 aliphatic rings. The Morgan fingerprint density at radius 2 is 1.94 bits per heavy atom. The first kappa shape index (κ1) is 12.6. The first-order chi connectivity index (χ1) is 8.69. The van der Waals surface area contributed by atoms with Crippen molar-refractivity contribution in [1.29, 1.82) is 0 Å². The van der Waals surface area contributed by atoms with E-state index >= 15 is 0 Å². The Morgan fingerprint density at radius 1 is 1.17 bits per heavy atom. The van der Waals surface area contributed by atoms with Crippen molar-refractivity contribution in [2.75, 3.05) is 6.54 Å². The van der Waals surface area contributed by atoms with Crippen molar-refractivity contribution >= 4 is 21.4 Å². The van der Waals surface area contributed by atoms with Crippen LogP contribution < -0.4 is 0 Å². The summed E-state index contributed by atoms with van der Waals surface area (Å²) in [6.07, 6.45) is 7.03. The maximum Gasteiger partial charge on any atom is 0.252 e. The van der Waals surface area contributed by atoms with Gasteiger partial charge in [0.25, 0.3) is 10.0 Å². The lowest BCUT2D eigenvalue weighted by Gasteiger charge is -2.28. The first-order valence-corrected chi connectivity index (χ1v) is 9.07. The third-order valence-corrected chi connectivity index (χ3v) is 7.55. The fourth-order valence-electron chi connectivity index (χ4n) is 3.40. The van der Waals surface area contributed by atoms with Crippen LogP contribution in [0, 0.1) is 5.92 Å². The van der Waals surface area contributed by atoms with E-state index in [-0.39, 0.29) is 6.04 Å². The van der Waals surface area contributed by atoms with Crippen LogP contribution in [0.5, 0.6) is 0 Å². The predicted molar refractivity (Wildman–Crippen MR) is 73.2 cm³/mol. The number of hydrogen-bond donors (Lipinski definition) is 0. The van der Waals surface area contributed by atoms with Gasteiger partial charge in [0.05, 0.1) is 0 Å². The molecule has 0 spiro atoms. The molecule has 1 aromatic rings. The molecule has 3 nitrogen and oxygen atoms in total. The molecule has 1 saturated heterocycles. The summed E-state index contributed by atoms with van der Waals surface area (Å²) in [6.45, 7) is 0.710. The standard InChI is InChI=1S/C13H19NO2S2/c15-18(16,13-8-4-10-17-13)14-9-3-7-12(14)11-5-1-2-6-11/h4,8,10-12H,1-3,5-7,9H2. The van der Waals surface area contributed by atoms with E-state index in [0.29, 0.717) is 16.7 Å². The molecule has 5 heteroatoms. The van der Waals surface area contributed by atoms with Gasteiger partial charge in [-0.25, -0.2) is 8.42 Å². The molecule has 1 aliphatic carbocycles. The van der Waals surface area contributed by atoms with Crippen LogP contribution in [0.15, 0.2) is 21.7 Å². The van der Waals surface area contributed by atoms with Crippen LogP contribution in [0.2, 0.25) is 0 Å². The second-order valence-corrected chi connectivity index (χ2v) is 8.37. The number of hydrogen-bond acceptors (Lipinski definition) is 3. The molecule has 1 saturated carbocycles. The summed E-state index contributed by atoms with van der Waals surface area (Å²) in [5.74, 6) is 0.599. The molecule has 3 rings (SSSR count). The molecule has 1 atom stereocenters. The highest BCUT2D eigenvalue weighted by atomic mass is 32.2. The molecule has 2 fully saturated rings. The van der Waals surface area contributed by atoms with Crippen LogP contribution in [-0.4, -0.2) is 25.3 Å². The van der Waals surface area contributed by atoms with Gasteiger partial charge in [-0.15, -0.1) is 11.3 Å². The highest BCUT2D eigenvalue weighted by molar-refractivity contribution is 7.91. The van der Waals surface area contributed by atoms with E-state index in [4.69, 9.17) is 0 Å². The summed E-state index contributed by atoms with van der Waals surface area (Å²) < 4.78 is 27.5. The summed E-state index contributed by atoms with van der Waals surface area (Å²) in [4.78, 5) is 0. The normalized spacial score (nSPS) is 27.0. The van der Waals surface area contributed by atoms with Gasteiger partial charge in [-0.3, -0.25) is 0 Å². The largest absolute Gasteiger partial charge is 0.252 e. The van der Waals surface area contributed by atoms with Crippen molar-refractivity contribution in [2.45, 2.75) is 48.8 Å². The molecule has 1 aromatic heterocycles. The molecule has 0 N–H and O–H groups in total. The molecule has 0 radical (unpaired) electrons. The predicted octanol–water partition coefficient (Wildman–Crippen LogP) is 3.09. The van der Waals surface area contributed by atoms with Gasteiger partial charge in [-0.05, 0) is 43.0 Å². The second-order valence-electron chi connectivity index (χ2n) is 5.30. The number of sulfonamides is 1. The van der Waals surface area contributed by atoms with Crippen molar-refractivity contribution in [2.24, 2.45) is 5.92 Å². The zero-order chi connectivity index (χ0) is 12.6. The minimum absolute atomic E-state index is 0.264. The van der Waals surface area contributed by atoms with Gasteiger partial charge in [-0.1, -0.05) is 18.9 Å². The second kappa shape index (κ2) is 4.94. The maximum absolute atomic E-state index is 12.6. The van der Waals surface area contributed by atoms with Crippen LogP contribution >= 0.6 is 11.3 Å². The SMILES string of the molecule is O=S(=O)(c1cccs1)N1CCCC1C1CCCC1. The number of nitrogens with zero attached hydrogens (tertiary/aromatic N) is 1. The summed E-state index contributed by atoms with van der Waals surface area (Å²) in [5, 5.41) is 1.84. The van der Waals surface area contributed by atoms with E-state index in [2.05, 4.69) is 0 Å². The van der Waals surface area contributed by atoms with E-state index in [1.54, 1.807) is 10.4 Å². The summed E-state index contributed by atoms with van der Waals surface area (Å²) >= 11 is 1.33. The van der Waals surface area contributed by atoms with Gasteiger partial charge in [0.2, 0.25) is 0 Å². The van der Waals surface area contributed by atoms with Crippen LogP contribution in [0.4, 0.5) is 0 Å². The molecule has 1 aliphatic heterocycles. The van der Waals surface area contributed by atoms with Gasteiger partial charge < -0.3 is 0 Å². The smallest absolute Gasteiger partial charge is 0.206 e. The average Bonchev–Trinajstić information content (AvgIpc) is 3.11. The molecular weight excluding hydrogens is 266 g/mol.